The first kappa shape index (κ1) is 25.5. The van der Waals surface area contributed by atoms with Crippen LogP contribution in [0.15, 0.2) is 79.0 Å². The Bertz CT molecular complexity index is 1400. The minimum atomic E-state index is -0.359. The van der Waals surface area contributed by atoms with Gasteiger partial charge < -0.3 is 4.90 Å². The van der Waals surface area contributed by atoms with E-state index >= 15 is 0 Å². The number of halogens is 2. The SMILES string of the molecule is Cc1ccccc1C(=O)N(CC(=O)Nc1nc(-c2ccc(Cl)cc2)cn1-c1cccc(Cl)c1)C(C)C. The molecule has 0 saturated heterocycles. The van der Waals surface area contributed by atoms with E-state index in [1.165, 1.54) is 0 Å². The van der Waals surface area contributed by atoms with Gasteiger partial charge in [0.15, 0.2) is 0 Å². The second kappa shape index (κ2) is 11.0. The number of rotatable bonds is 7. The highest BCUT2D eigenvalue weighted by molar-refractivity contribution is 6.31. The lowest BCUT2D eigenvalue weighted by atomic mass is 10.1. The van der Waals surface area contributed by atoms with Gasteiger partial charge in [-0.3, -0.25) is 19.5 Å². The maximum atomic E-state index is 13.2. The van der Waals surface area contributed by atoms with E-state index in [0.29, 0.717) is 27.3 Å². The van der Waals surface area contributed by atoms with E-state index in [4.69, 9.17) is 23.2 Å². The van der Waals surface area contributed by atoms with Crippen molar-refractivity contribution >= 4 is 41.0 Å². The van der Waals surface area contributed by atoms with Crippen molar-refractivity contribution in [3.63, 3.8) is 0 Å². The van der Waals surface area contributed by atoms with Crippen LogP contribution in [0.2, 0.25) is 10.0 Å². The van der Waals surface area contributed by atoms with Gasteiger partial charge in [-0.2, -0.15) is 0 Å². The van der Waals surface area contributed by atoms with Crippen molar-refractivity contribution in [2.24, 2.45) is 0 Å². The van der Waals surface area contributed by atoms with Gasteiger partial charge in [-0.05, 0) is 62.7 Å². The average Bonchev–Trinajstić information content (AvgIpc) is 3.26. The smallest absolute Gasteiger partial charge is 0.254 e. The first-order chi connectivity index (χ1) is 17.2. The van der Waals surface area contributed by atoms with Gasteiger partial charge in [-0.25, -0.2) is 4.98 Å². The van der Waals surface area contributed by atoms with Gasteiger partial charge in [-0.1, -0.05) is 59.6 Å². The number of nitrogens with zero attached hydrogens (tertiary/aromatic N) is 3. The zero-order valence-electron chi connectivity index (χ0n) is 20.2. The molecule has 3 aromatic carbocycles. The molecule has 1 heterocycles. The van der Waals surface area contributed by atoms with Gasteiger partial charge in [0.2, 0.25) is 11.9 Å². The van der Waals surface area contributed by atoms with E-state index in [1.807, 2.05) is 69.4 Å². The van der Waals surface area contributed by atoms with E-state index in [2.05, 4.69) is 10.3 Å². The topological polar surface area (TPSA) is 67.2 Å². The summed E-state index contributed by atoms with van der Waals surface area (Å²) >= 11 is 12.3. The average molecular weight is 521 g/mol. The second-order valence-corrected chi connectivity index (χ2v) is 9.57. The van der Waals surface area contributed by atoms with Crippen LogP contribution in [0.4, 0.5) is 5.95 Å². The van der Waals surface area contributed by atoms with E-state index < -0.39 is 0 Å². The van der Waals surface area contributed by atoms with Crippen molar-refractivity contribution in [3.05, 3.63) is 100 Å². The molecule has 0 aliphatic carbocycles. The Labute approximate surface area is 220 Å². The molecule has 0 fully saturated rings. The summed E-state index contributed by atoms with van der Waals surface area (Å²) in [6.07, 6.45) is 1.82. The molecule has 0 saturated carbocycles. The van der Waals surface area contributed by atoms with Gasteiger partial charge in [0.05, 0.1) is 5.69 Å². The molecule has 4 aromatic rings. The molecular weight excluding hydrogens is 495 g/mol. The van der Waals surface area contributed by atoms with Gasteiger partial charge >= 0.3 is 0 Å². The van der Waals surface area contributed by atoms with Crippen LogP contribution < -0.4 is 5.32 Å². The van der Waals surface area contributed by atoms with Crippen LogP contribution in [0.25, 0.3) is 16.9 Å². The largest absolute Gasteiger partial charge is 0.327 e. The Hall–Kier alpha value is -3.61. The van der Waals surface area contributed by atoms with Gasteiger partial charge in [-0.15, -0.1) is 0 Å². The fourth-order valence-electron chi connectivity index (χ4n) is 3.83. The Kier molecular flexibility index (Phi) is 7.77. The zero-order chi connectivity index (χ0) is 25.8. The van der Waals surface area contributed by atoms with Crippen molar-refractivity contribution < 1.29 is 9.59 Å². The lowest BCUT2D eigenvalue weighted by molar-refractivity contribution is -0.117. The predicted molar refractivity (Wildman–Crippen MR) is 145 cm³/mol. The molecular formula is C28H26Cl2N4O2. The molecule has 4 rings (SSSR count). The van der Waals surface area contributed by atoms with E-state index in [-0.39, 0.29) is 24.4 Å². The highest BCUT2D eigenvalue weighted by Gasteiger charge is 2.24. The lowest BCUT2D eigenvalue weighted by Crippen LogP contribution is -2.42. The molecule has 0 bridgehead atoms. The number of carbonyl (C=O) groups excluding carboxylic acids is 2. The summed E-state index contributed by atoms with van der Waals surface area (Å²) in [5.74, 6) is -0.236. The molecule has 0 radical (unpaired) electrons. The van der Waals surface area contributed by atoms with Crippen LogP contribution >= 0.6 is 23.2 Å². The number of benzene rings is 3. The highest BCUT2D eigenvalue weighted by Crippen LogP contribution is 2.27. The van der Waals surface area contributed by atoms with E-state index in [1.54, 1.807) is 39.8 Å². The molecule has 6 nitrogen and oxygen atoms in total. The van der Waals surface area contributed by atoms with Crippen molar-refractivity contribution in [3.8, 4) is 16.9 Å². The lowest BCUT2D eigenvalue weighted by Gasteiger charge is -2.26. The first-order valence-electron chi connectivity index (χ1n) is 11.5. The van der Waals surface area contributed by atoms with Crippen molar-refractivity contribution in [2.45, 2.75) is 26.8 Å². The summed E-state index contributed by atoms with van der Waals surface area (Å²) in [4.78, 5) is 32.6. The van der Waals surface area contributed by atoms with Crippen LogP contribution in [-0.4, -0.2) is 38.9 Å². The normalized spacial score (nSPS) is 10.9. The standard InChI is InChI=1S/C28H26Cl2N4O2/c1-18(2)33(27(36)24-10-5-4-7-19(24)3)17-26(35)32-28-31-25(20-11-13-21(29)14-12-20)16-34(28)23-9-6-8-22(30)15-23/h4-16,18H,17H2,1-3H3,(H,31,32,35). The highest BCUT2D eigenvalue weighted by atomic mass is 35.5. The molecule has 184 valence electrons. The number of anilines is 1. The van der Waals surface area contributed by atoms with Gasteiger partial charge in [0, 0.05) is 39.1 Å². The number of hydrogen-bond donors (Lipinski definition) is 1. The minimum absolute atomic E-state index is 0.122. The second-order valence-electron chi connectivity index (χ2n) is 8.70. The van der Waals surface area contributed by atoms with Crippen LogP contribution in [0.3, 0.4) is 0 Å². The third-order valence-electron chi connectivity index (χ3n) is 5.76. The Morgan fingerprint density at radius 3 is 2.36 bits per heavy atom. The van der Waals surface area contributed by atoms with Crippen LogP contribution in [0.1, 0.15) is 29.8 Å². The molecule has 0 aliphatic rings. The Morgan fingerprint density at radius 2 is 1.69 bits per heavy atom. The van der Waals surface area contributed by atoms with Crippen molar-refractivity contribution in [1.82, 2.24) is 14.5 Å². The monoisotopic (exact) mass is 520 g/mol. The molecule has 36 heavy (non-hydrogen) atoms. The molecule has 0 aliphatic heterocycles. The predicted octanol–water partition coefficient (Wildman–Crippen LogP) is 6.64. The number of imidazole rings is 1. The molecule has 8 heteroatoms. The zero-order valence-corrected chi connectivity index (χ0v) is 21.7. The van der Waals surface area contributed by atoms with Crippen LogP contribution in [-0.2, 0) is 4.79 Å². The summed E-state index contributed by atoms with van der Waals surface area (Å²) in [6, 6.07) is 21.7. The number of nitrogens with one attached hydrogen (secondary N) is 1. The Balaban J connectivity index is 1.64. The number of carbonyl (C=O) groups is 2. The molecule has 2 amide bonds. The third kappa shape index (κ3) is 5.78. The maximum absolute atomic E-state index is 13.2. The van der Waals surface area contributed by atoms with Crippen molar-refractivity contribution in [1.29, 1.82) is 0 Å². The molecule has 0 unspecified atom stereocenters. The van der Waals surface area contributed by atoms with E-state index in [9.17, 15) is 9.59 Å². The molecule has 0 spiro atoms. The fraction of sp³-hybridized carbons (Fsp3) is 0.179. The quantitative estimate of drug-likeness (QED) is 0.296. The summed E-state index contributed by atoms with van der Waals surface area (Å²) in [5, 5.41) is 4.06. The van der Waals surface area contributed by atoms with Gasteiger partial charge in [0.25, 0.3) is 5.91 Å². The summed E-state index contributed by atoms with van der Waals surface area (Å²) in [6.45, 7) is 5.53. The number of amides is 2. The van der Waals surface area contributed by atoms with E-state index in [0.717, 1.165) is 16.8 Å². The fourth-order valence-corrected chi connectivity index (χ4v) is 4.14. The maximum Gasteiger partial charge on any atom is 0.254 e. The number of aryl methyl sites for hydroxylation is 1. The van der Waals surface area contributed by atoms with Crippen LogP contribution in [0, 0.1) is 6.92 Å². The number of aromatic nitrogens is 2. The minimum Gasteiger partial charge on any atom is -0.327 e. The number of hydrogen-bond acceptors (Lipinski definition) is 3. The summed E-state index contributed by atoms with van der Waals surface area (Å²) in [5.41, 5.74) is 3.66. The van der Waals surface area contributed by atoms with Gasteiger partial charge in [0.1, 0.15) is 6.54 Å². The first-order valence-corrected chi connectivity index (χ1v) is 12.3. The molecule has 0 atom stereocenters. The Morgan fingerprint density at radius 1 is 0.972 bits per heavy atom. The van der Waals surface area contributed by atoms with Crippen molar-refractivity contribution in [2.75, 3.05) is 11.9 Å². The third-order valence-corrected chi connectivity index (χ3v) is 6.24. The molecule has 1 N–H and O–H groups in total. The summed E-state index contributed by atoms with van der Waals surface area (Å²) < 4.78 is 1.76. The van der Waals surface area contributed by atoms with Crippen LogP contribution in [0.5, 0.6) is 0 Å². The summed E-state index contributed by atoms with van der Waals surface area (Å²) in [7, 11) is 0. The molecule has 1 aromatic heterocycles.